The van der Waals surface area contributed by atoms with Crippen molar-refractivity contribution in [1.82, 2.24) is 5.48 Å². The van der Waals surface area contributed by atoms with Crippen molar-refractivity contribution >= 4 is 0 Å². The van der Waals surface area contributed by atoms with E-state index in [2.05, 4.69) is 26.3 Å². The molecule has 0 radical (unpaired) electrons. The molecule has 2 N–H and O–H groups in total. The third-order valence-corrected chi connectivity index (χ3v) is 4.73. The van der Waals surface area contributed by atoms with Gasteiger partial charge in [0.15, 0.2) is 0 Å². The molecular formula is C18H29NO2. The first-order chi connectivity index (χ1) is 9.89. The highest BCUT2D eigenvalue weighted by Gasteiger charge is 2.37. The lowest BCUT2D eigenvalue weighted by Gasteiger charge is -2.41. The maximum Gasteiger partial charge on any atom is 0.0933 e. The van der Waals surface area contributed by atoms with Crippen LogP contribution in [-0.2, 0) is 11.4 Å². The lowest BCUT2D eigenvalue weighted by Crippen LogP contribution is -2.45. The van der Waals surface area contributed by atoms with Gasteiger partial charge in [0.05, 0.1) is 12.2 Å². The number of hydrogen-bond donors (Lipinski definition) is 2. The zero-order valence-corrected chi connectivity index (χ0v) is 13.6. The van der Waals surface area contributed by atoms with Crippen LogP contribution >= 0.6 is 0 Å². The third kappa shape index (κ3) is 5.10. The van der Waals surface area contributed by atoms with Gasteiger partial charge in [-0.05, 0) is 42.6 Å². The molecule has 0 unspecified atom stereocenters. The molecule has 2 rings (SSSR count). The van der Waals surface area contributed by atoms with E-state index in [0.717, 1.165) is 31.2 Å². The normalized spacial score (nSPS) is 26.8. The lowest BCUT2D eigenvalue weighted by atomic mass is 9.68. The number of hydrogen-bond acceptors (Lipinski definition) is 3. The second-order valence-electron chi connectivity index (χ2n) is 7.46. The number of nitrogens with one attached hydrogen (secondary N) is 1. The molecule has 0 spiro atoms. The first kappa shape index (κ1) is 16.5. The Bertz CT molecular complexity index is 417. The second kappa shape index (κ2) is 6.91. The van der Waals surface area contributed by atoms with Crippen molar-refractivity contribution in [3.63, 3.8) is 0 Å². The molecule has 1 aromatic rings. The molecule has 0 bridgehead atoms. The molecule has 3 nitrogen and oxygen atoms in total. The predicted octanol–water partition coefficient (Wildman–Crippen LogP) is 3.68. The van der Waals surface area contributed by atoms with E-state index in [1.54, 1.807) is 0 Å². The minimum atomic E-state index is -0.613. The van der Waals surface area contributed by atoms with Crippen molar-refractivity contribution in [1.29, 1.82) is 0 Å². The molecule has 0 aromatic heterocycles. The van der Waals surface area contributed by atoms with Gasteiger partial charge in [-0.15, -0.1) is 0 Å². The van der Waals surface area contributed by atoms with Crippen molar-refractivity contribution in [2.24, 2.45) is 11.3 Å². The Hall–Kier alpha value is -0.900. The Morgan fingerprint density at radius 2 is 1.81 bits per heavy atom. The van der Waals surface area contributed by atoms with Crippen LogP contribution in [0.1, 0.15) is 52.0 Å². The zero-order chi connectivity index (χ0) is 15.3. The molecule has 0 saturated heterocycles. The Morgan fingerprint density at radius 1 is 1.19 bits per heavy atom. The molecule has 0 aliphatic heterocycles. The van der Waals surface area contributed by atoms with Crippen LogP contribution in [0.25, 0.3) is 0 Å². The minimum Gasteiger partial charge on any atom is -0.388 e. The lowest BCUT2D eigenvalue weighted by molar-refractivity contribution is -0.0688. The Kier molecular flexibility index (Phi) is 5.42. The van der Waals surface area contributed by atoms with Crippen molar-refractivity contribution in [3.05, 3.63) is 35.9 Å². The van der Waals surface area contributed by atoms with Gasteiger partial charge in [0, 0.05) is 6.54 Å². The molecule has 118 valence electrons. The van der Waals surface area contributed by atoms with Crippen LogP contribution < -0.4 is 5.48 Å². The fourth-order valence-corrected chi connectivity index (χ4v) is 3.09. The van der Waals surface area contributed by atoms with Crippen molar-refractivity contribution in [2.45, 2.75) is 58.7 Å². The summed E-state index contributed by atoms with van der Waals surface area (Å²) in [5.41, 5.74) is 3.81. The summed E-state index contributed by atoms with van der Waals surface area (Å²) in [4.78, 5) is 5.47. The van der Waals surface area contributed by atoms with E-state index in [1.807, 2.05) is 30.3 Å². The van der Waals surface area contributed by atoms with Crippen LogP contribution in [0.4, 0.5) is 0 Å². The summed E-state index contributed by atoms with van der Waals surface area (Å²) in [5, 5.41) is 10.6. The fourth-order valence-electron chi connectivity index (χ4n) is 3.09. The molecule has 1 fully saturated rings. The molecule has 3 heteroatoms. The average molecular weight is 291 g/mol. The topological polar surface area (TPSA) is 41.5 Å². The van der Waals surface area contributed by atoms with Gasteiger partial charge in [-0.3, -0.25) is 4.84 Å². The smallest absolute Gasteiger partial charge is 0.0933 e. The molecule has 0 heterocycles. The highest BCUT2D eigenvalue weighted by atomic mass is 16.6. The van der Waals surface area contributed by atoms with E-state index >= 15 is 0 Å². The highest BCUT2D eigenvalue weighted by molar-refractivity contribution is 5.13. The maximum absolute atomic E-state index is 10.6. The summed E-state index contributed by atoms with van der Waals surface area (Å²) in [6, 6.07) is 10.1. The van der Waals surface area contributed by atoms with Crippen LogP contribution in [0.5, 0.6) is 0 Å². The van der Waals surface area contributed by atoms with Gasteiger partial charge in [-0.25, -0.2) is 0 Å². The summed E-state index contributed by atoms with van der Waals surface area (Å²) in [6.45, 7) is 7.92. The van der Waals surface area contributed by atoms with E-state index in [9.17, 15) is 5.11 Å². The van der Waals surface area contributed by atoms with Crippen LogP contribution in [0.2, 0.25) is 0 Å². The highest BCUT2D eigenvalue weighted by Crippen LogP contribution is 2.41. The summed E-state index contributed by atoms with van der Waals surface area (Å²) in [6.07, 6.45) is 3.91. The number of hydroxylamine groups is 1. The van der Waals surface area contributed by atoms with Crippen LogP contribution in [0, 0.1) is 11.3 Å². The van der Waals surface area contributed by atoms with Crippen LogP contribution in [-0.4, -0.2) is 17.3 Å². The van der Waals surface area contributed by atoms with E-state index in [4.69, 9.17) is 4.84 Å². The van der Waals surface area contributed by atoms with Gasteiger partial charge in [0.1, 0.15) is 0 Å². The van der Waals surface area contributed by atoms with E-state index in [-0.39, 0.29) is 0 Å². The molecule has 0 amide bonds. The number of aliphatic hydroxyl groups is 1. The second-order valence-corrected chi connectivity index (χ2v) is 7.46. The van der Waals surface area contributed by atoms with Crippen molar-refractivity contribution in [3.8, 4) is 0 Å². The average Bonchev–Trinajstić information content (AvgIpc) is 2.44. The Labute approximate surface area is 128 Å². The first-order valence-corrected chi connectivity index (χ1v) is 8.00. The van der Waals surface area contributed by atoms with E-state index in [1.165, 1.54) is 0 Å². The molecule has 1 aliphatic carbocycles. The fraction of sp³-hybridized carbons (Fsp3) is 0.667. The molecule has 1 aromatic carbocycles. The Morgan fingerprint density at radius 3 is 2.38 bits per heavy atom. The standard InChI is InChI=1S/C18H29NO2/c1-17(2,3)16-9-11-18(20,12-10-16)14-19-21-13-15-7-5-4-6-8-15/h4-8,16,19-20H,9-14H2,1-3H3. The van der Waals surface area contributed by atoms with Crippen LogP contribution in [0.3, 0.4) is 0 Å². The quantitative estimate of drug-likeness (QED) is 0.642. The SMILES string of the molecule is CC(C)(C)C1CCC(O)(CNOCc2ccccc2)CC1. The van der Waals surface area contributed by atoms with Crippen LogP contribution in [0.15, 0.2) is 30.3 Å². The van der Waals surface area contributed by atoms with Gasteiger partial charge in [0.25, 0.3) is 0 Å². The zero-order valence-electron chi connectivity index (χ0n) is 13.6. The minimum absolute atomic E-state index is 0.346. The molecular weight excluding hydrogens is 262 g/mol. The first-order valence-electron chi connectivity index (χ1n) is 8.00. The van der Waals surface area contributed by atoms with E-state index in [0.29, 0.717) is 24.5 Å². The maximum atomic E-state index is 10.6. The van der Waals surface area contributed by atoms with E-state index < -0.39 is 5.60 Å². The van der Waals surface area contributed by atoms with Gasteiger partial charge >= 0.3 is 0 Å². The van der Waals surface area contributed by atoms with Gasteiger partial charge < -0.3 is 5.11 Å². The molecule has 21 heavy (non-hydrogen) atoms. The predicted molar refractivity (Wildman–Crippen MR) is 85.6 cm³/mol. The van der Waals surface area contributed by atoms with Crippen molar-refractivity contribution < 1.29 is 9.94 Å². The summed E-state index contributed by atoms with van der Waals surface area (Å²) in [5.74, 6) is 0.711. The van der Waals surface area contributed by atoms with Gasteiger partial charge in [-0.1, -0.05) is 51.1 Å². The third-order valence-electron chi connectivity index (χ3n) is 4.73. The molecule has 0 atom stereocenters. The van der Waals surface area contributed by atoms with Crippen molar-refractivity contribution in [2.75, 3.05) is 6.54 Å². The van der Waals surface area contributed by atoms with Gasteiger partial charge in [-0.2, -0.15) is 5.48 Å². The summed E-state index contributed by atoms with van der Waals surface area (Å²) in [7, 11) is 0. The monoisotopic (exact) mass is 291 g/mol. The molecule has 1 aliphatic rings. The van der Waals surface area contributed by atoms with Gasteiger partial charge in [0.2, 0.25) is 0 Å². The molecule has 1 saturated carbocycles. The largest absolute Gasteiger partial charge is 0.388 e. The number of rotatable bonds is 5. The summed E-state index contributed by atoms with van der Waals surface area (Å²) >= 11 is 0. The Balaban J connectivity index is 1.69. The number of benzene rings is 1. The summed E-state index contributed by atoms with van der Waals surface area (Å²) < 4.78 is 0.